The lowest BCUT2D eigenvalue weighted by Gasteiger charge is -2.17. The molecule has 2 atom stereocenters. The molecular weight excluding hydrogens is 248 g/mol. The van der Waals surface area contributed by atoms with Gasteiger partial charge in [-0.1, -0.05) is 5.16 Å². The summed E-state index contributed by atoms with van der Waals surface area (Å²) in [5, 5.41) is 16.9. The molecule has 2 fully saturated rings. The molecule has 2 aliphatic rings. The number of carbonyl (C=O) groups excluding carboxylic acids is 1. The molecule has 2 N–H and O–H groups in total. The van der Waals surface area contributed by atoms with E-state index < -0.39 is 5.60 Å². The van der Waals surface area contributed by atoms with E-state index in [1.807, 2.05) is 0 Å². The van der Waals surface area contributed by atoms with Gasteiger partial charge in [-0.25, -0.2) is 0 Å². The average Bonchev–Trinajstić information content (AvgIpc) is 3.06. The van der Waals surface area contributed by atoms with E-state index in [9.17, 15) is 9.90 Å². The maximum absolute atomic E-state index is 12.2. The van der Waals surface area contributed by atoms with E-state index >= 15 is 0 Å². The highest BCUT2D eigenvalue weighted by molar-refractivity contribution is 5.90. The van der Waals surface area contributed by atoms with Gasteiger partial charge in [0.05, 0.1) is 11.6 Å². The number of likely N-dealkylation sites (tertiary alicyclic amines) is 1. The number of hydrogen-bond donors (Lipinski definition) is 2. The number of carbonyl (C=O) groups is 1. The van der Waals surface area contributed by atoms with Gasteiger partial charge in [0, 0.05) is 13.1 Å². The topological polar surface area (TPSA) is 91.5 Å². The molecule has 3 heterocycles. The lowest BCUT2D eigenvalue weighted by molar-refractivity contribution is 0.0563. The fraction of sp³-hybridized carbons (Fsp3) is 0.750. The van der Waals surface area contributed by atoms with Crippen molar-refractivity contribution in [1.29, 1.82) is 0 Å². The van der Waals surface area contributed by atoms with Gasteiger partial charge in [0.15, 0.2) is 0 Å². The Labute approximate surface area is 111 Å². The van der Waals surface area contributed by atoms with Crippen LogP contribution in [0.15, 0.2) is 4.52 Å². The smallest absolute Gasteiger partial charge is 0.295 e. The molecule has 1 amide bonds. The zero-order valence-corrected chi connectivity index (χ0v) is 10.9. The van der Waals surface area contributed by atoms with Crippen LogP contribution in [0.4, 0.5) is 0 Å². The third-order valence-corrected chi connectivity index (χ3v) is 3.73. The number of amides is 1. The summed E-state index contributed by atoms with van der Waals surface area (Å²) in [6.45, 7) is 3.50. The minimum atomic E-state index is -0.810. The molecule has 2 unspecified atom stereocenters. The molecule has 0 spiro atoms. The summed E-state index contributed by atoms with van der Waals surface area (Å²) in [4.78, 5) is 17.9. The first-order valence-electron chi connectivity index (χ1n) is 6.64. The van der Waals surface area contributed by atoms with Crippen LogP contribution in [0.25, 0.3) is 0 Å². The van der Waals surface area contributed by atoms with Gasteiger partial charge in [-0.2, -0.15) is 4.98 Å². The summed E-state index contributed by atoms with van der Waals surface area (Å²) in [5.41, 5.74) is -0.810. The normalized spacial score (nSPS) is 31.1. The molecule has 0 saturated carbocycles. The molecule has 2 aliphatic heterocycles. The zero-order valence-electron chi connectivity index (χ0n) is 10.9. The van der Waals surface area contributed by atoms with Crippen LogP contribution in [-0.4, -0.2) is 51.3 Å². The number of nitrogens with one attached hydrogen (secondary N) is 1. The predicted octanol–water partition coefficient (Wildman–Crippen LogP) is 0.0910. The van der Waals surface area contributed by atoms with Gasteiger partial charge in [-0.15, -0.1) is 0 Å². The molecule has 19 heavy (non-hydrogen) atoms. The molecule has 2 saturated heterocycles. The Balaban J connectivity index is 1.70. The third kappa shape index (κ3) is 2.48. The van der Waals surface area contributed by atoms with E-state index in [0.29, 0.717) is 25.4 Å². The molecule has 0 radical (unpaired) electrons. The van der Waals surface area contributed by atoms with Gasteiger partial charge in [0.1, 0.15) is 0 Å². The van der Waals surface area contributed by atoms with Crippen molar-refractivity contribution in [3.63, 3.8) is 0 Å². The molecule has 1 aromatic rings. The lowest BCUT2D eigenvalue weighted by Crippen LogP contribution is -2.34. The van der Waals surface area contributed by atoms with Gasteiger partial charge in [-0.3, -0.25) is 4.79 Å². The van der Waals surface area contributed by atoms with Crippen LogP contribution < -0.4 is 5.32 Å². The summed E-state index contributed by atoms with van der Waals surface area (Å²) in [6.07, 6.45) is 2.60. The van der Waals surface area contributed by atoms with E-state index in [4.69, 9.17) is 4.52 Å². The van der Waals surface area contributed by atoms with Crippen LogP contribution in [0.3, 0.4) is 0 Å². The second-order valence-corrected chi connectivity index (χ2v) is 5.58. The third-order valence-electron chi connectivity index (χ3n) is 3.73. The Kier molecular flexibility index (Phi) is 3.02. The molecule has 7 nitrogen and oxygen atoms in total. The number of aliphatic hydroxyl groups is 1. The number of nitrogens with zero attached hydrogens (tertiary/aromatic N) is 3. The highest BCUT2D eigenvalue weighted by Crippen LogP contribution is 2.23. The summed E-state index contributed by atoms with van der Waals surface area (Å²) in [5.74, 6) is 0.291. The van der Waals surface area contributed by atoms with E-state index in [2.05, 4.69) is 15.5 Å². The molecule has 104 valence electrons. The fourth-order valence-corrected chi connectivity index (χ4v) is 2.62. The van der Waals surface area contributed by atoms with E-state index in [-0.39, 0.29) is 17.8 Å². The summed E-state index contributed by atoms with van der Waals surface area (Å²) >= 11 is 0. The van der Waals surface area contributed by atoms with Gasteiger partial charge in [0.2, 0.25) is 5.89 Å². The lowest BCUT2D eigenvalue weighted by atomic mass is 10.1. The minimum absolute atomic E-state index is 0.0655. The molecular formula is C12H18N4O3. The van der Waals surface area contributed by atoms with Crippen molar-refractivity contribution in [2.45, 2.75) is 37.8 Å². The first-order valence-corrected chi connectivity index (χ1v) is 6.64. The van der Waals surface area contributed by atoms with Gasteiger partial charge < -0.3 is 19.8 Å². The number of rotatable bonds is 2. The number of aromatic nitrogens is 2. The van der Waals surface area contributed by atoms with Crippen molar-refractivity contribution in [1.82, 2.24) is 20.4 Å². The average molecular weight is 266 g/mol. The van der Waals surface area contributed by atoms with Gasteiger partial charge >= 0.3 is 0 Å². The monoisotopic (exact) mass is 266 g/mol. The zero-order chi connectivity index (χ0) is 13.5. The maximum Gasteiger partial charge on any atom is 0.295 e. The predicted molar refractivity (Wildman–Crippen MR) is 65.4 cm³/mol. The molecule has 1 aromatic heterocycles. The molecule has 0 aromatic carbocycles. The van der Waals surface area contributed by atoms with Crippen LogP contribution in [0.2, 0.25) is 0 Å². The first kappa shape index (κ1) is 12.6. The summed E-state index contributed by atoms with van der Waals surface area (Å²) < 4.78 is 5.15. The second kappa shape index (κ2) is 4.57. The van der Waals surface area contributed by atoms with Crippen molar-refractivity contribution in [3.8, 4) is 0 Å². The number of hydrogen-bond acceptors (Lipinski definition) is 6. The largest absolute Gasteiger partial charge is 0.388 e. The van der Waals surface area contributed by atoms with Gasteiger partial charge in [0.25, 0.3) is 11.7 Å². The Morgan fingerprint density at radius 1 is 1.63 bits per heavy atom. The SMILES string of the molecule is CC1(O)CCN(C(=O)c2noc(C3CCCN3)n2)C1. The molecule has 0 bridgehead atoms. The Hall–Kier alpha value is -1.47. The van der Waals surface area contributed by atoms with Crippen LogP contribution in [0.1, 0.15) is 48.7 Å². The Bertz CT molecular complexity index is 479. The fourth-order valence-electron chi connectivity index (χ4n) is 2.62. The van der Waals surface area contributed by atoms with Crippen molar-refractivity contribution in [2.75, 3.05) is 19.6 Å². The van der Waals surface area contributed by atoms with Crippen molar-refractivity contribution in [2.24, 2.45) is 0 Å². The Morgan fingerprint density at radius 3 is 3.11 bits per heavy atom. The van der Waals surface area contributed by atoms with Crippen LogP contribution in [0, 0.1) is 0 Å². The first-order chi connectivity index (χ1) is 9.05. The van der Waals surface area contributed by atoms with E-state index in [1.165, 1.54) is 0 Å². The summed E-state index contributed by atoms with van der Waals surface area (Å²) in [6, 6.07) is 0.0655. The summed E-state index contributed by atoms with van der Waals surface area (Å²) in [7, 11) is 0. The minimum Gasteiger partial charge on any atom is -0.388 e. The van der Waals surface area contributed by atoms with E-state index in [0.717, 1.165) is 19.4 Å². The quantitative estimate of drug-likeness (QED) is 0.788. The van der Waals surface area contributed by atoms with Crippen LogP contribution in [0.5, 0.6) is 0 Å². The number of β-amino-alcohol motifs (C(OH)–C–C–N with tert-alkyl or cyclic N) is 1. The van der Waals surface area contributed by atoms with Crippen LogP contribution in [-0.2, 0) is 0 Å². The van der Waals surface area contributed by atoms with Crippen LogP contribution >= 0.6 is 0 Å². The van der Waals surface area contributed by atoms with Gasteiger partial charge in [-0.05, 0) is 32.7 Å². The highest BCUT2D eigenvalue weighted by Gasteiger charge is 2.36. The second-order valence-electron chi connectivity index (χ2n) is 5.58. The maximum atomic E-state index is 12.2. The molecule has 3 rings (SSSR count). The molecule has 0 aliphatic carbocycles. The standard InChI is InChI=1S/C12H18N4O3/c1-12(18)4-6-16(7-12)11(17)9-14-10(19-15-9)8-3-2-5-13-8/h8,13,18H,2-7H2,1H3. The van der Waals surface area contributed by atoms with Crippen molar-refractivity contribution >= 4 is 5.91 Å². The Morgan fingerprint density at radius 2 is 2.47 bits per heavy atom. The van der Waals surface area contributed by atoms with Crippen molar-refractivity contribution in [3.05, 3.63) is 11.7 Å². The molecule has 7 heteroatoms. The van der Waals surface area contributed by atoms with Crippen molar-refractivity contribution < 1.29 is 14.4 Å². The highest BCUT2D eigenvalue weighted by atomic mass is 16.5. The van der Waals surface area contributed by atoms with E-state index in [1.54, 1.807) is 11.8 Å².